The lowest BCUT2D eigenvalue weighted by Gasteiger charge is -2.04. The minimum Gasteiger partial charge on any atom is -0.245 e. The SMILES string of the molecule is O=S(=O)(NCc1csc(C2CC2)n1)c1ccccc1. The van der Waals surface area contributed by atoms with E-state index in [4.69, 9.17) is 0 Å². The molecule has 2 aromatic rings. The Morgan fingerprint density at radius 3 is 2.68 bits per heavy atom. The average molecular weight is 294 g/mol. The number of hydrogen-bond acceptors (Lipinski definition) is 4. The maximum Gasteiger partial charge on any atom is 0.240 e. The number of aromatic nitrogens is 1. The first-order valence-electron chi connectivity index (χ1n) is 6.14. The average Bonchev–Trinajstić information content (AvgIpc) is 3.17. The predicted octanol–water partition coefficient (Wildman–Crippen LogP) is 2.50. The Morgan fingerprint density at radius 2 is 2.00 bits per heavy atom. The van der Waals surface area contributed by atoms with Crippen LogP contribution in [0.2, 0.25) is 0 Å². The van der Waals surface area contributed by atoms with Gasteiger partial charge in [0.1, 0.15) is 0 Å². The van der Waals surface area contributed by atoms with E-state index in [0.29, 0.717) is 5.92 Å². The van der Waals surface area contributed by atoms with Crippen LogP contribution in [0.3, 0.4) is 0 Å². The number of sulfonamides is 1. The molecule has 1 fully saturated rings. The van der Waals surface area contributed by atoms with Crippen LogP contribution in [0.15, 0.2) is 40.6 Å². The molecule has 1 saturated carbocycles. The summed E-state index contributed by atoms with van der Waals surface area (Å²) in [7, 11) is -3.44. The van der Waals surface area contributed by atoms with E-state index in [0.717, 1.165) is 10.7 Å². The molecule has 0 saturated heterocycles. The second kappa shape index (κ2) is 5.03. The molecule has 1 aliphatic rings. The fourth-order valence-corrected chi connectivity index (χ4v) is 3.78. The van der Waals surface area contributed by atoms with Gasteiger partial charge in [-0.2, -0.15) is 0 Å². The van der Waals surface area contributed by atoms with Gasteiger partial charge in [0.2, 0.25) is 10.0 Å². The van der Waals surface area contributed by atoms with Gasteiger partial charge in [-0.25, -0.2) is 18.1 Å². The van der Waals surface area contributed by atoms with Gasteiger partial charge < -0.3 is 0 Å². The Labute approximate surface area is 116 Å². The lowest BCUT2D eigenvalue weighted by molar-refractivity contribution is 0.580. The highest BCUT2D eigenvalue weighted by atomic mass is 32.2. The second-order valence-corrected chi connectivity index (χ2v) is 7.25. The summed E-state index contributed by atoms with van der Waals surface area (Å²) in [6.45, 7) is 0.250. The Kier molecular flexibility index (Phi) is 3.38. The van der Waals surface area contributed by atoms with E-state index in [-0.39, 0.29) is 11.4 Å². The number of nitrogens with one attached hydrogen (secondary N) is 1. The molecule has 19 heavy (non-hydrogen) atoms. The largest absolute Gasteiger partial charge is 0.245 e. The van der Waals surface area contributed by atoms with E-state index < -0.39 is 10.0 Å². The maximum absolute atomic E-state index is 12.0. The fraction of sp³-hybridized carbons (Fsp3) is 0.308. The van der Waals surface area contributed by atoms with Crippen molar-refractivity contribution in [3.05, 3.63) is 46.4 Å². The van der Waals surface area contributed by atoms with Crippen LogP contribution in [0.5, 0.6) is 0 Å². The van der Waals surface area contributed by atoms with E-state index in [1.54, 1.807) is 41.7 Å². The van der Waals surface area contributed by atoms with Crippen molar-refractivity contribution in [2.45, 2.75) is 30.2 Å². The molecule has 0 bridgehead atoms. The minimum absolute atomic E-state index is 0.250. The molecule has 0 aliphatic heterocycles. The summed E-state index contributed by atoms with van der Waals surface area (Å²) >= 11 is 1.62. The van der Waals surface area contributed by atoms with E-state index in [9.17, 15) is 8.42 Å². The van der Waals surface area contributed by atoms with E-state index in [1.165, 1.54) is 12.8 Å². The first-order chi connectivity index (χ1) is 9.15. The number of benzene rings is 1. The van der Waals surface area contributed by atoms with Gasteiger partial charge in [-0.05, 0) is 25.0 Å². The summed E-state index contributed by atoms with van der Waals surface area (Å²) in [6, 6.07) is 8.38. The summed E-state index contributed by atoms with van der Waals surface area (Å²) in [5.74, 6) is 0.615. The molecule has 0 atom stereocenters. The van der Waals surface area contributed by atoms with Crippen molar-refractivity contribution in [2.24, 2.45) is 0 Å². The molecule has 1 aromatic carbocycles. The molecule has 0 spiro atoms. The van der Waals surface area contributed by atoms with Crippen LogP contribution in [0.1, 0.15) is 29.5 Å². The van der Waals surface area contributed by atoms with Gasteiger partial charge in [0.15, 0.2) is 0 Å². The quantitative estimate of drug-likeness (QED) is 0.921. The Morgan fingerprint density at radius 1 is 1.26 bits per heavy atom. The highest BCUT2D eigenvalue weighted by molar-refractivity contribution is 7.89. The third-order valence-electron chi connectivity index (χ3n) is 2.99. The molecule has 4 nitrogen and oxygen atoms in total. The molecule has 0 unspecified atom stereocenters. The van der Waals surface area contributed by atoms with Crippen LogP contribution < -0.4 is 4.72 Å². The summed E-state index contributed by atoms with van der Waals surface area (Å²) in [4.78, 5) is 4.75. The molecule has 1 N–H and O–H groups in total. The van der Waals surface area contributed by atoms with Crippen molar-refractivity contribution in [2.75, 3.05) is 0 Å². The normalized spacial score (nSPS) is 15.6. The molecule has 3 rings (SSSR count). The van der Waals surface area contributed by atoms with Crippen LogP contribution >= 0.6 is 11.3 Å². The summed E-state index contributed by atoms with van der Waals surface area (Å²) < 4.78 is 26.6. The van der Waals surface area contributed by atoms with Gasteiger partial charge in [0.05, 0.1) is 22.1 Å². The zero-order valence-corrected chi connectivity index (χ0v) is 11.9. The van der Waals surface area contributed by atoms with E-state index in [1.807, 2.05) is 5.38 Å². The highest BCUT2D eigenvalue weighted by Gasteiger charge is 2.26. The minimum atomic E-state index is -3.44. The molecule has 100 valence electrons. The topological polar surface area (TPSA) is 59.1 Å². The van der Waals surface area contributed by atoms with Crippen molar-refractivity contribution in [3.63, 3.8) is 0 Å². The van der Waals surface area contributed by atoms with E-state index >= 15 is 0 Å². The first kappa shape index (κ1) is 12.8. The van der Waals surface area contributed by atoms with Crippen molar-refractivity contribution < 1.29 is 8.42 Å². The Hall–Kier alpha value is -1.24. The zero-order valence-electron chi connectivity index (χ0n) is 10.2. The van der Waals surface area contributed by atoms with E-state index in [2.05, 4.69) is 9.71 Å². The summed E-state index contributed by atoms with van der Waals surface area (Å²) in [5, 5.41) is 3.06. The lowest BCUT2D eigenvalue weighted by Crippen LogP contribution is -2.23. The molecule has 1 aromatic heterocycles. The van der Waals surface area contributed by atoms with Crippen molar-refractivity contribution in [1.82, 2.24) is 9.71 Å². The Bertz CT molecular complexity index is 661. The fourth-order valence-electron chi connectivity index (χ4n) is 1.77. The molecule has 1 heterocycles. The molecule has 6 heteroatoms. The summed E-state index contributed by atoms with van der Waals surface area (Å²) in [6.07, 6.45) is 2.42. The van der Waals surface area contributed by atoms with Crippen molar-refractivity contribution in [3.8, 4) is 0 Å². The lowest BCUT2D eigenvalue weighted by atomic mass is 10.4. The first-order valence-corrected chi connectivity index (χ1v) is 8.50. The second-order valence-electron chi connectivity index (χ2n) is 4.59. The zero-order chi connectivity index (χ0) is 13.3. The maximum atomic E-state index is 12.0. The number of rotatable bonds is 5. The summed E-state index contributed by atoms with van der Waals surface area (Å²) in [5.41, 5.74) is 0.798. The molecule has 0 amide bonds. The number of hydrogen-bond donors (Lipinski definition) is 1. The molecular weight excluding hydrogens is 280 g/mol. The van der Waals surface area contributed by atoms with Crippen LogP contribution in [-0.4, -0.2) is 13.4 Å². The van der Waals surface area contributed by atoms with Crippen molar-refractivity contribution in [1.29, 1.82) is 0 Å². The monoisotopic (exact) mass is 294 g/mol. The molecule has 0 radical (unpaired) electrons. The van der Waals surface area contributed by atoms with Crippen LogP contribution in [0.25, 0.3) is 0 Å². The van der Waals surface area contributed by atoms with Crippen LogP contribution in [0, 0.1) is 0 Å². The van der Waals surface area contributed by atoms with Crippen molar-refractivity contribution >= 4 is 21.4 Å². The van der Waals surface area contributed by atoms with Gasteiger partial charge in [0, 0.05) is 11.3 Å². The predicted molar refractivity (Wildman–Crippen MR) is 74.6 cm³/mol. The van der Waals surface area contributed by atoms with Crippen LogP contribution in [-0.2, 0) is 16.6 Å². The molecule has 1 aliphatic carbocycles. The van der Waals surface area contributed by atoms with Gasteiger partial charge in [-0.3, -0.25) is 0 Å². The van der Waals surface area contributed by atoms with Gasteiger partial charge >= 0.3 is 0 Å². The molecular formula is C13H14N2O2S2. The van der Waals surface area contributed by atoms with Gasteiger partial charge in [-0.15, -0.1) is 11.3 Å². The third-order valence-corrected chi connectivity index (χ3v) is 5.47. The smallest absolute Gasteiger partial charge is 0.240 e. The number of thiazole rings is 1. The van der Waals surface area contributed by atoms with Crippen LogP contribution in [0.4, 0.5) is 0 Å². The third kappa shape index (κ3) is 3.02. The Balaban J connectivity index is 1.67. The number of nitrogens with zero attached hydrogens (tertiary/aromatic N) is 1. The standard InChI is InChI=1S/C13H14N2O2S2/c16-19(17,12-4-2-1-3-5-12)14-8-11-9-18-13(15-11)10-6-7-10/h1-5,9-10,14H,6-8H2. The van der Waals surface area contributed by atoms with Gasteiger partial charge in [0.25, 0.3) is 0 Å². The van der Waals surface area contributed by atoms with Gasteiger partial charge in [-0.1, -0.05) is 18.2 Å². The highest BCUT2D eigenvalue weighted by Crippen LogP contribution is 2.41.